The molecule has 0 spiro atoms. The Morgan fingerprint density at radius 2 is 1.79 bits per heavy atom. The van der Waals surface area contributed by atoms with Gasteiger partial charge in [-0.3, -0.25) is 4.79 Å². The minimum Gasteiger partial charge on any atom is -0.493 e. The standard InChI is InChI=1S/C27H32N2O4/c1-32-26-13-11-20(16-27(26)33-2)25(31)12-10-21-17-29(24-9-5-4-8-23(21)24)19-22(30)18-28-14-6-3-7-15-28/h4-5,8-13,16-17,22,30H,3,6-7,14-15,18-19H2,1-2H3/b12-10-/t22-/m1/s1. The third-order valence-electron chi connectivity index (χ3n) is 6.23. The van der Waals surface area contributed by atoms with E-state index >= 15 is 0 Å². The van der Waals surface area contributed by atoms with Gasteiger partial charge >= 0.3 is 0 Å². The summed E-state index contributed by atoms with van der Waals surface area (Å²) in [6.45, 7) is 3.34. The molecule has 174 valence electrons. The Kier molecular flexibility index (Phi) is 7.47. The molecule has 1 atom stereocenters. The summed E-state index contributed by atoms with van der Waals surface area (Å²) in [5.74, 6) is 0.998. The molecule has 1 saturated heterocycles. The van der Waals surface area contributed by atoms with E-state index in [1.54, 1.807) is 38.5 Å². The number of piperidine rings is 1. The maximum absolute atomic E-state index is 12.8. The number of aliphatic hydroxyl groups excluding tert-OH is 1. The van der Waals surface area contributed by atoms with E-state index in [1.807, 2.05) is 30.5 Å². The fraction of sp³-hybridized carbons (Fsp3) is 0.370. The second-order valence-electron chi connectivity index (χ2n) is 8.54. The summed E-state index contributed by atoms with van der Waals surface area (Å²) in [5.41, 5.74) is 2.53. The van der Waals surface area contributed by atoms with Crippen LogP contribution >= 0.6 is 0 Å². The number of para-hydroxylation sites is 1. The van der Waals surface area contributed by atoms with Crippen LogP contribution in [0.2, 0.25) is 0 Å². The fourth-order valence-corrected chi connectivity index (χ4v) is 4.54. The summed E-state index contributed by atoms with van der Waals surface area (Å²) in [7, 11) is 3.12. The monoisotopic (exact) mass is 448 g/mol. The molecule has 33 heavy (non-hydrogen) atoms. The lowest BCUT2D eigenvalue weighted by Gasteiger charge is -2.28. The van der Waals surface area contributed by atoms with E-state index in [1.165, 1.54) is 19.3 Å². The van der Waals surface area contributed by atoms with E-state index in [-0.39, 0.29) is 5.78 Å². The van der Waals surface area contributed by atoms with Crippen LogP contribution < -0.4 is 9.47 Å². The lowest BCUT2D eigenvalue weighted by molar-refractivity contribution is 0.0892. The third kappa shape index (κ3) is 5.46. The van der Waals surface area contributed by atoms with Crippen LogP contribution in [-0.4, -0.2) is 60.3 Å². The van der Waals surface area contributed by atoms with Crippen molar-refractivity contribution in [1.29, 1.82) is 0 Å². The molecule has 0 unspecified atom stereocenters. The van der Waals surface area contributed by atoms with Crippen LogP contribution in [0.15, 0.2) is 54.7 Å². The number of allylic oxidation sites excluding steroid dienone is 1. The largest absolute Gasteiger partial charge is 0.493 e. The minimum absolute atomic E-state index is 0.113. The lowest BCUT2D eigenvalue weighted by Crippen LogP contribution is -2.37. The Morgan fingerprint density at radius 3 is 2.55 bits per heavy atom. The Morgan fingerprint density at radius 1 is 1.03 bits per heavy atom. The van der Waals surface area contributed by atoms with E-state index < -0.39 is 6.10 Å². The number of likely N-dealkylation sites (tertiary alicyclic amines) is 1. The van der Waals surface area contributed by atoms with Gasteiger partial charge in [0.2, 0.25) is 0 Å². The summed E-state index contributed by atoms with van der Waals surface area (Å²) in [6, 6.07) is 13.2. The van der Waals surface area contributed by atoms with Gasteiger partial charge in [-0.2, -0.15) is 0 Å². The average Bonchev–Trinajstić information content (AvgIpc) is 3.19. The van der Waals surface area contributed by atoms with Crippen LogP contribution in [0.5, 0.6) is 11.5 Å². The van der Waals surface area contributed by atoms with Crippen LogP contribution in [0.3, 0.4) is 0 Å². The fourth-order valence-electron chi connectivity index (χ4n) is 4.54. The lowest BCUT2D eigenvalue weighted by atomic mass is 10.1. The SMILES string of the molecule is COc1ccc(C(=O)/C=C\c2cn(C[C@H](O)CN3CCCCC3)c3ccccc23)cc1OC. The Balaban J connectivity index is 1.52. The molecular weight excluding hydrogens is 416 g/mol. The molecule has 1 aliphatic heterocycles. The molecule has 2 heterocycles. The highest BCUT2D eigenvalue weighted by Crippen LogP contribution is 2.28. The van der Waals surface area contributed by atoms with Crippen LogP contribution in [0.4, 0.5) is 0 Å². The Hall–Kier alpha value is -3.09. The molecule has 6 heteroatoms. The van der Waals surface area contributed by atoms with E-state index in [4.69, 9.17) is 9.47 Å². The highest BCUT2D eigenvalue weighted by Gasteiger charge is 2.16. The van der Waals surface area contributed by atoms with Gasteiger partial charge in [0, 0.05) is 41.3 Å². The first kappa shape index (κ1) is 23.1. The molecule has 0 saturated carbocycles. The Bertz CT molecular complexity index is 1130. The summed E-state index contributed by atoms with van der Waals surface area (Å²) in [4.78, 5) is 15.1. The first-order chi connectivity index (χ1) is 16.1. The Labute approximate surface area is 195 Å². The number of hydrogen-bond acceptors (Lipinski definition) is 5. The van der Waals surface area contributed by atoms with Crippen molar-refractivity contribution in [1.82, 2.24) is 9.47 Å². The number of nitrogens with zero attached hydrogens (tertiary/aromatic N) is 2. The number of carbonyl (C=O) groups excluding carboxylic acids is 1. The minimum atomic E-state index is -0.441. The van der Waals surface area contributed by atoms with Gasteiger partial charge in [0.25, 0.3) is 0 Å². The third-order valence-corrected chi connectivity index (χ3v) is 6.23. The van der Waals surface area contributed by atoms with Gasteiger partial charge in [0.05, 0.1) is 20.3 Å². The number of aromatic nitrogens is 1. The zero-order valence-electron chi connectivity index (χ0n) is 19.4. The number of β-amino-alcohol motifs (C(OH)–C–C–N with tert-alkyl or cyclic N) is 1. The van der Waals surface area contributed by atoms with Gasteiger partial charge in [-0.15, -0.1) is 0 Å². The molecule has 6 nitrogen and oxygen atoms in total. The second-order valence-corrected chi connectivity index (χ2v) is 8.54. The molecule has 1 aromatic heterocycles. The molecule has 2 aromatic carbocycles. The number of aliphatic hydroxyl groups is 1. The molecule has 4 rings (SSSR count). The van der Waals surface area contributed by atoms with Crippen LogP contribution in [-0.2, 0) is 6.54 Å². The molecular formula is C27H32N2O4. The number of carbonyl (C=O) groups is 1. The quantitative estimate of drug-likeness (QED) is 0.388. The van der Waals surface area contributed by atoms with E-state index in [9.17, 15) is 9.90 Å². The number of ketones is 1. The van der Waals surface area contributed by atoms with E-state index in [0.29, 0.717) is 30.2 Å². The van der Waals surface area contributed by atoms with Crippen LogP contribution in [0.1, 0.15) is 35.2 Å². The number of rotatable bonds is 9. The molecule has 1 fully saturated rings. The maximum atomic E-state index is 12.8. The highest BCUT2D eigenvalue weighted by molar-refractivity contribution is 6.08. The topological polar surface area (TPSA) is 63.9 Å². The van der Waals surface area contributed by atoms with Crippen molar-refractivity contribution in [2.24, 2.45) is 0 Å². The second kappa shape index (κ2) is 10.7. The van der Waals surface area contributed by atoms with Crippen LogP contribution in [0.25, 0.3) is 17.0 Å². The first-order valence-corrected chi connectivity index (χ1v) is 11.5. The predicted octanol–water partition coefficient (Wildman–Crippen LogP) is 4.40. The average molecular weight is 449 g/mol. The summed E-state index contributed by atoms with van der Waals surface area (Å²) < 4.78 is 12.6. The maximum Gasteiger partial charge on any atom is 0.185 e. The number of ether oxygens (including phenoxy) is 2. The normalized spacial score (nSPS) is 15.7. The first-order valence-electron chi connectivity index (χ1n) is 11.5. The molecule has 0 amide bonds. The van der Waals surface area contributed by atoms with Crippen molar-refractivity contribution in [3.8, 4) is 11.5 Å². The van der Waals surface area contributed by atoms with Gasteiger partial charge in [0.15, 0.2) is 17.3 Å². The van der Waals surface area contributed by atoms with Crippen molar-refractivity contribution in [3.63, 3.8) is 0 Å². The molecule has 0 aliphatic carbocycles. The van der Waals surface area contributed by atoms with Crippen molar-refractivity contribution >= 4 is 22.8 Å². The molecule has 0 bridgehead atoms. The van der Waals surface area contributed by atoms with Crippen molar-refractivity contribution in [2.45, 2.75) is 31.9 Å². The van der Waals surface area contributed by atoms with Gasteiger partial charge in [0.1, 0.15) is 0 Å². The number of fused-ring (bicyclic) bond motifs is 1. The predicted molar refractivity (Wildman–Crippen MR) is 131 cm³/mol. The number of hydrogen-bond donors (Lipinski definition) is 1. The zero-order valence-corrected chi connectivity index (χ0v) is 19.4. The number of methoxy groups -OCH3 is 2. The molecule has 1 aliphatic rings. The number of benzene rings is 2. The summed E-state index contributed by atoms with van der Waals surface area (Å²) in [6.07, 6.45) is 8.70. The summed E-state index contributed by atoms with van der Waals surface area (Å²) >= 11 is 0. The van der Waals surface area contributed by atoms with Gasteiger partial charge in [-0.05, 0) is 62.3 Å². The highest BCUT2D eigenvalue weighted by atomic mass is 16.5. The van der Waals surface area contributed by atoms with E-state index in [0.717, 1.165) is 29.6 Å². The van der Waals surface area contributed by atoms with Gasteiger partial charge in [-0.1, -0.05) is 24.6 Å². The van der Waals surface area contributed by atoms with Crippen molar-refractivity contribution in [2.75, 3.05) is 33.9 Å². The zero-order chi connectivity index (χ0) is 23.2. The molecule has 1 N–H and O–H groups in total. The van der Waals surface area contributed by atoms with Crippen molar-refractivity contribution in [3.05, 3.63) is 65.9 Å². The van der Waals surface area contributed by atoms with E-state index in [2.05, 4.69) is 15.5 Å². The molecule has 3 aromatic rings. The van der Waals surface area contributed by atoms with Gasteiger partial charge in [-0.25, -0.2) is 0 Å². The smallest absolute Gasteiger partial charge is 0.185 e. The molecule has 0 radical (unpaired) electrons. The van der Waals surface area contributed by atoms with Gasteiger partial charge < -0.3 is 24.0 Å². The summed E-state index contributed by atoms with van der Waals surface area (Å²) in [5, 5.41) is 11.8. The van der Waals surface area contributed by atoms with Crippen molar-refractivity contribution < 1.29 is 19.4 Å². The van der Waals surface area contributed by atoms with Crippen LogP contribution in [0, 0.1) is 0 Å².